The Balaban J connectivity index is 1.51. The third-order valence-corrected chi connectivity index (χ3v) is 5.40. The second-order valence-electron chi connectivity index (χ2n) is 7.20. The number of hydrogen-bond acceptors (Lipinski definition) is 2. The summed E-state index contributed by atoms with van der Waals surface area (Å²) in [5, 5.41) is 8.04. The van der Waals surface area contributed by atoms with Gasteiger partial charge in [-0.2, -0.15) is 5.10 Å². The van der Waals surface area contributed by atoms with Crippen molar-refractivity contribution in [3.05, 3.63) is 58.4 Å². The minimum absolute atomic E-state index is 0.878. The largest absolute Gasteiger partial charge is 0.356 e. The fraction of sp³-hybridized carbons (Fsp3) is 0.455. The molecule has 0 amide bonds. The molecule has 1 N–H and O–H groups in total. The van der Waals surface area contributed by atoms with Gasteiger partial charge < -0.3 is 10.2 Å². The molecule has 0 bridgehead atoms. The molecule has 0 atom stereocenters. The molecule has 0 saturated carbocycles. The Bertz CT molecular complexity index is 807. The van der Waals surface area contributed by atoms with E-state index in [1.165, 1.54) is 22.4 Å². The lowest BCUT2D eigenvalue weighted by atomic mass is 10.0. The monoisotopic (exact) mass is 365 g/mol. The first-order chi connectivity index (χ1) is 13.1. The second kappa shape index (κ2) is 8.89. The Morgan fingerprint density at radius 1 is 1.19 bits per heavy atom. The van der Waals surface area contributed by atoms with Crippen LogP contribution in [-0.2, 0) is 13.5 Å². The van der Waals surface area contributed by atoms with E-state index in [9.17, 15) is 0 Å². The van der Waals surface area contributed by atoms with Crippen molar-refractivity contribution in [2.75, 3.05) is 26.7 Å². The highest BCUT2D eigenvalue weighted by Crippen LogP contribution is 2.19. The first kappa shape index (κ1) is 19.2. The Morgan fingerprint density at radius 3 is 2.48 bits per heavy atom. The van der Waals surface area contributed by atoms with Gasteiger partial charge in [-0.1, -0.05) is 42.0 Å². The van der Waals surface area contributed by atoms with Crippen molar-refractivity contribution in [2.24, 2.45) is 12.0 Å². The van der Waals surface area contributed by atoms with Crippen molar-refractivity contribution < 1.29 is 0 Å². The topological polar surface area (TPSA) is 45.5 Å². The number of hydrogen-bond donors (Lipinski definition) is 1. The Morgan fingerprint density at radius 2 is 1.89 bits per heavy atom. The Hall–Kier alpha value is -2.56. The van der Waals surface area contributed by atoms with Crippen molar-refractivity contribution in [3.8, 4) is 0 Å². The molecule has 5 nitrogen and oxygen atoms in total. The van der Waals surface area contributed by atoms with E-state index < -0.39 is 0 Å². The van der Waals surface area contributed by atoms with Gasteiger partial charge in [0, 0.05) is 39.4 Å². The molecule has 144 valence electrons. The molecule has 1 saturated heterocycles. The van der Waals surface area contributed by atoms with Gasteiger partial charge in [-0.05, 0) is 44.2 Å². The summed E-state index contributed by atoms with van der Waals surface area (Å²) in [4.78, 5) is 6.86. The first-order valence-electron chi connectivity index (χ1n) is 9.77. The first-order valence-corrected chi connectivity index (χ1v) is 9.77. The zero-order valence-electron chi connectivity index (χ0n) is 17.0. The molecule has 3 rings (SSSR count). The molecule has 1 aromatic heterocycles. The maximum Gasteiger partial charge on any atom is 0.193 e. The molecule has 1 fully saturated rings. The van der Waals surface area contributed by atoms with Gasteiger partial charge in [0.05, 0.1) is 5.69 Å². The molecule has 0 unspecified atom stereocenters. The number of aryl methyl sites for hydroxylation is 2. The van der Waals surface area contributed by atoms with Gasteiger partial charge in [0.2, 0.25) is 0 Å². The quantitative estimate of drug-likeness (QED) is 0.668. The maximum absolute atomic E-state index is 4.50. The predicted molar refractivity (Wildman–Crippen MR) is 113 cm³/mol. The van der Waals surface area contributed by atoms with Crippen molar-refractivity contribution in [1.82, 2.24) is 20.0 Å². The van der Waals surface area contributed by atoms with Crippen LogP contribution < -0.4 is 5.32 Å². The zero-order valence-corrected chi connectivity index (χ0v) is 17.0. The van der Waals surface area contributed by atoms with Gasteiger partial charge in [-0.25, -0.2) is 0 Å². The summed E-state index contributed by atoms with van der Waals surface area (Å²) in [6, 6.07) is 10.6. The van der Waals surface area contributed by atoms with Gasteiger partial charge in [-0.15, -0.1) is 0 Å². The number of aliphatic imine (C=N–C) groups is 1. The van der Waals surface area contributed by atoms with Gasteiger partial charge in [0.1, 0.15) is 0 Å². The second-order valence-corrected chi connectivity index (χ2v) is 7.20. The van der Waals surface area contributed by atoms with E-state index in [2.05, 4.69) is 70.6 Å². The van der Waals surface area contributed by atoms with Crippen LogP contribution in [0.2, 0.25) is 0 Å². The molecule has 0 spiro atoms. The SMILES string of the molecule is CN=C(NCCc1c(C)nn(C)c1C)N1CCC(=Cc2ccccc2)CC1. The predicted octanol–water partition coefficient (Wildman–Crippen LogP) is 3.33. The highest BCUT2D eigenvalue weighted by molar-refractivity contribution is 5.80. The van der Waals surface area contributed by atoms with Crippen LogP contribution >= 0.6 is 0 Å². The normalized spacial score (nSPS) is 15.2. The van der Waals surface area contributed by atoms with Crippen LogP contribution in [0.4, 0.5) is 0 Å². The molecular formula is C22H31N5. The average molecular weight is 366 g/mol. The molecular weight excluding hydrogens is 334 g/mol. The zero-order chi connectivity index (χ0) is 19.2. The van der Waals surface area contributed by atoms with Crippen LogP contribution in [0, 0.1) is 13.8 Å². The van der Waals surface area contributed by atoms with E-state index >= 15 is 0 Å². The van der Waals surface area contributed by atoms with Crippen LogP contribution in [0.5, 0.6) is 0 Å². The van der Waals surface area contributed by atoms with Gasteiger partial charge in [0.15, 0.2) is 5.96 Å². The lowest BCUT2D eigenvalue weighted by Crippen LogP contribution is -2.45. The van der Waals surface area contributed by atoms with E-state index in [0.717, 1.165) is 50.6 Å². The van der Waals surface area contributed by atoms with E-state index in [-0.39, 0.29) is 0 Å². The summed E-state index contributed by atoms with van der Waals surface area (Å²) in [5.41, 5.74) is 6.53. The molecule has 2 aromatic rings. The number of benzene rings is 1. The number of aromatic nitrogens is 2. The summed E-state index contributed by atoms with van der Waals surface area (Å²) < 4.78 is 1.96. The smallest absolute Gasteiger partial charge is 0.193 e. The molecule has 27 heavy (non-hydrogen) atoms. The third-order valence-electron chi connectivity index (χ3n) is 5.40. The summed E-state index contributed by atoms with van der Waals surface area (Å²) in [7, 11) is 3.88. The van der Waals surface area contributed by atoms with E-state index in [1.807, 2.05) is 18.8 Å². The summed E-state index contributed by atoms with van der Waals surface area (Å²) in [5.74, 6) is 1.01. The lowest BCUT2D eigenvalue weighted by Gasteiger charge is -2.31. The molecule has 0 radical (unpaired) electrons. The minimum Gasteiger partial charge on any atom is -0.356 e. The number of likely N-dealkylation sites (tertiary alicyclic amines) is 1. The van der Waals surface area contributed by atoms with Crippen molar-refractivity contribution in [1.29, 1.82) is 0 Å². The third kappa shape index (κ3) is 4.79. The molecule has 1 aliphatic heterocycles. The fourth-order valence-corrected chi connectivity index (χ4v) is 3.75. The molecule has 5 heteroatoms. The number of guanidine groups is 1. The maximum atomic E-state index is 4.50. The van der Waals surface area contributed by atoms with Gasteiger partial charge in [0.25, 0.3) is 0 Å². The standard InChI is InChI=1S/C22H31N5/c1-17-21(18(2)26(4)25-17)10-13-24-22(23-3)27-14-11-20(12-15-27)16-19-8-6-5-7-9-19/h5-9,16H,10-15H2,1-4H3,(H,23,24). The number of rotatable bonds is 4. The van der Waals surface area contributed by atoms with E-state index in [4.69, 9.17) is 0 Å². The van der Waals surface area contributed by atoms with Crippen LogP contribution in [-0.4, -0.2) is 47.3 Å². The number of piperidine rings is 1. The van der Waals surface area contributed by atoms with E-state index in [1.54, 1.807) is 0 Å². The van der Waals surface area contributed by atoms with Crippen LogP contribution in [0.15, 0.2) is 40.9 Å². The van der Waals surface area contributed by atoms with Crippen molar-refractivity contribution in [3.63, 3.8) is 0 Å². The minimum atomic E-state index is 0.878. The Labute approximate surface area is 162 Å². The van der Waals surface area contributed by atoms with Gasteiger partial charge in [-0.3, -0.25) is 9.67 Å². The fourth-order valence-electron chi connectivity index (χ4n) is 3.75. The van der Waals surface area contributed by atoms with E-state index in [0.29, 0.717) is 0 Å². The summed E-state index contributed by atoms with van der Waals surface area (Å²) >= 11 is 0. The number of nitrogens with zero attached hydrogens (tertiary/aromatic N) is 4. The summed E-state index contributed by atoms with van der Waals surface area (Å²) in [6.07, 6.45) is 5.49. The highest BCUT2D eigenvalue weighted by atomic mass is 15.3. The molecule has 1 aliphatic rings. The number of nitrogens with one attached hydrogen (secondary N) is 1. The van der Waals surface area contributed by atoms with Crippen molar-refractivity contribution >= 4 is 12.0 Å². The molecule has 0 aliphatic carbocycles. The van der Waals surface area contributed by atoms with Crippen molar-refractivity contribution in [2.45, 2.75) is 33.1 Å². The van der Waals surface area contributed by atoms with Crippen LogP contribution in [0.25, 0.3) is 6.08 Å². The summed E-state index contributed by atoms with van der Waals surface area (Å²) in [6.45, 7) is 7.13. The lowest BCUT2D eigenvalue weighted by molar-refractivity contribution is 0.376. The Kier molecular flexibility index (Phi) is 6.32. The average Bonchev–Trinajstić information content (AvgIpc) is 2.93. The van der Waals surface area contributed by atoms with Crippen LogP contribution in [0.1, 0.15) is 35.4 Å². The molecule has 1 aromatic carbocycles. The van der Waals surface area contributed by atoms with Crippen LogP contribution in [0.3, 0.4) is 0 Å². The van der Waals surface area contributed by atoms with Gasteiger partial charge >= 0.3 is 0 Å². The highest BCUT2D eigenvalue weighted by Gasteiger charge is 2.17. The molecule has 2 heterocycles.